The topological polar surface area (TPSA) is 66.5 Å². The van der Waals surface area contributed by atoms with Crippen molar-refractivity contribution >= 4 is 33.4 Å². The molecule has 0 unspecified atom stereocenters. The summed E-state index contributed by atoms with van der Waals surface area (Å²) < 4.78 is 27.4. The van der Waals surface area contributed by atoms with Crippen LogP contribution in [-0.4, -0.2) is 37.5 Å². The molecule has 2 aromatic carbocycles. The maximum atomic E-state index is 13.0. The minimum absolute atomic E-state index is 0.172. The average molecular weight is 419 g/mol. The van der Waals surface area contributed by atoms with Gasteiger partial charge in [0.05, 0.1) is 10.6 Å². The second-order valence-electron chi connectivity index (χ2n) is 7.00. The fourth-order valence-corrected chi connectivity index (χ4v) is 5.49. The number of sulfonamides is 1. The van der Waals surface area contributed by atoms with E-state index in [2.05, 4.69) is 19.2 Å². The van der Waals surface area contributed by atoms with E-state index in [4.69, 9.17) is 0 Å². The number of anilines is 1. The third-order valence-electron chi connectivity index (χ3n) is 4.91. The van der Waals surface area contributed by atoms with E-state index in [1.807, 2.05) is 24.3 Å². The molecular formula is C21H26N2O3S2. The van der Waals surface area contributed by atoms with Crippen LogP contribution in [0.3, 0.4) is 0 Å². The van der Waals surface area contributed by atoms with Crippen molar-refractivity contribution in [2.45, 2.75) is 36.5 Å². The second-order valence-corrected chi connectivity index (χ2v) is 10.2. The monoisotopic (exact) mass is 418 g/mol. The number of piperidine rings is 1. The van der Waals surface area contributed by atoms with Crippen LogP contribution in [0.1, 0.15) is 37.0 Å². The lowest BCUT2D eigenvalue weighted by Gasteiger charge is -2.29. The first-order valence-electron chi connectivity index (χ1n) is 9.55. The van der Waals surface area contributed by atoms with Gasteiger partial charge in [0.1, 0.15) is 0 Å². The Hall–Kier alpha value is -1.83. The number of nitrogens with one attached hydrogen (secondary N) is 1. The summed E-state index contributed by atoms with van der Waals surface area (Å²) in [6.07, 6.45) is 1.73. The maximum Gasteiger partial charge on any atom is 0.255 e. The van der Waals surface area contributed by atoms with Crippen molar-refractivity contribution < 1.29 is 13.2 Å². The first kappa shape index (κ1) is 20.9. The molecule has 1 aliphatic rings. The summed E-state index contributed by atoms with van der Waals surface area (Å²) in [4.78, 5) is 13.9. The SMILES string of the molecule is CCSc1ccccc1NC(=O)c1cccc(S(=O)(=O)N2CCC(C)CC2)c1. The van der Waals surface area contributed by atoms with Gasteiger partial charge in [-0.25, -0.2) is 8.42 Å². The van der Waals surface area contributed by atoms with Gasteiger partial charge >= 0.3 is 0 Å². The van der Waals surface area contributed by atoms with E-state index in [1.165, 1.54) is 10.4 Å². The van der Waals surface area contributed by atoms with Gasteiger partial charge in [0, 0.05) is 23.5 Å². The highest BCUT2D eigenvalue weighted by Crippen LogP contribution is 2.28. The van der Waals surface area contributed by atoms with Crippen LogP contribution in [0.25, 0.3) is 0 Å². The van der Waals surface area contributed by atoms with Crippen LogP contribution in [0, 0.1) is 5.92 Å². The van der Waals surface area contributed by atoms with Crippen molar-refractivity contribution in [2.24, 2.45) is 5.92 Å². The highest BCUT2D eigenvalue weighted by molar-refractivity contribution is 7.99. The predicted molar refractivity (Wildman–Crippen MR) is 114 cm³/mol. The number of amides is 1. The zero-order chi connectivity index (χ0) is 20.1. The summed E-state index contributed by atoms with van der Waals surface area (Å²) in [6.45, 7) is 5.26. The lowest BCUT2D eigenvalue weighted by atomic mass is 10.0. The van der Waals surface area contributed by atoms with Crippen LogP contribution in [0.2, 0.25) is 0 Å². The van der Waals surface area contributed by atoms with Crippen molar-refractivity contribution in [3.8, 4) is 0 Å². The maximum absolute atomic E-state index is 13.0. The molecule has 0 spiro atoms. The number of benzene rings is 2. The normalized spacial score (nSPS) is 16.1. The van der Waals surface area contributed by atoms with Gasteiger partial charge in [-0.05, 0) is 54.8 Å². The summed E-state index contributed by atoms with van der Waals surface area (Å²) >= 11 is 1.65. The Morgan fingerprint density at radius 3 is 2.57 bits per heavy atom. The van der Waals surface area contributed by atoms with Gasteiger partial charge in [-0.3, -0.25) is 4.79 Å². The first-order valence-corrected chi connectivity index (χ1v) is 12.0. The third kappa shape index (κ3) is 4.77. The van der Waals surface area contributed by atoms with E-state index in [1.54, 1.807) is 30.0 Å². The fraction of sp³-hybridized carbons (Fsp3) is 0.381. The van der Waals surface area contributed by atoms with Gasteiger partial charge in [0.15, 0.2) is 0 Å². The molecular weight excluding hydrogens is 392 g/mol. The van der Waals surface area contributed by atoms with E-state index in [9.17, 15) is 13.2 Å². The smallest absolute Gasteiger partial charge is 0.255 e. The Balaban J connectivity index is 1.80. The molecule has 1 aliphatic heterocycles. The Bertz CT molecular complexity index is 936. The molecule has 0 aliphatic carbocycles. The van der Waals surface area contributed by atoms with Crippen molar-refractivity contribution in [2.75, 3.05) is 24.2 Å². The number of carbonyl (C=O) groups is 1. The fourth-order valence-electron chi connectivity index (χ4n) is 3.22. The number of hydrogen-bond acceptors (Lipinski definition) is 4. The highest BCUT2D eigenvalue weighted by Gasteiger charge is 2.28. The minimum Gasteiger partial charge on any atom is -0.321 e. The van der Waals surface area contributed by atoms with Gasteiger partial charge in [-0.15, -0.1) is 11.8 Å². The molecule has 150 valence electrons. The Morgan fingerprint density at radius 1 is 1.14 bits per heavy atom. The molecule has 28 heavy (non-hydrogen) atoms. The molecule has 0 bridgehead atoms. The van der Waals surface area contributed by atoms with Crippen molar-refractivity contribution in [3.05, 3.63) is 54.1 Å². The van der Waals surface area contributed by atoms with Gasteiger partial charge < -0.3 is 5.32 Å². The summed E-state index contributed by atoms with van der Waals surface area (Å²) in [5.74, 6) is 1.13. The molecule has 1 amide bonds. The van der Waals surface area contributed by atoms with Crippen molar-refractivity contribution in [1.82, 2.24) is 4.31 Å². The Labute approximate surface area is 171 Å². The predicted octanol–water partition coefficient (Wildman–Crippen LogP) is 4.47. The summed E-state index contributed by atoms with van der Waals surface area (Å²) in [5.41, 5.74) is 1.07. The molecule has 1 N–H and O–H groups in total. The molecule has 3 rings (SSSR count). The van der Waals surface area contributed by atoms with Gasteiger partial charge in [0.2, 0.25) is 10.0 Å². The highest BCUT2D eigenvalue weighted by atomic mass is 32.2. The molecule has 0 atom stereocenters. The molecule has 1 fully saturated rings. The molecule has 2 aromatic rings. The van der Waals surface area contributed by atoms with E-state index >= 15 is 0 Å². The van der Waals surface area contributed by atoms with Crippen molar-refractivity contribution in [1.29, 1.82) is 0 Å². The largest absolute Gasteiger partial charge is 0.321 e. The Kier molecular flexibility index (Phi) is 6.80. The van der Waals surface area contributed by atoms with Crippen LogP contribution in [-0.2, 0) is 10.0 Å². The lowest BCUT2D eigenvalue weighted by Crippen LogP contribution is -2.37. The molecule has 0 saturated carbocycles. The molecule has 0 radical (unpaired) electrons. The van der Waals surface area contributed by atoms with Crippen molar-refractivity contribution in [3.63, 3.8) is 0 Å². The number of para-hydroxylation sites is 1. The number of thioether (sulfide) groups is 1. The summed E-state index contributed by atoms with van der Waals surface area (Å²) in [5, 5.41) is 2.91. The van der Waals surface area contributed by atoms with Crippen LogP contribution in [0.5, 0.6) is 0 Å². The van der Waals surface area contributed by atoms with E-state index in [-0.39, 0.29) is 10.8 Å². The average Bonchev–Trinajstić information content (AvgIpc) is 2.70. The standard InChI is InChI=1S/C21H26N2O3S2/c1-3-27-20-10-5-4-9-19(20)22-21(24)17-7-6-8-18(15-17)28(25,26)23-13-11-16(2)12-14-23/h4-10,15-16H,3,11-14H2,1-2H3,(H,22,24). The third-order valence-corrected chi connectivity index (χ3v) is 7.76. The summed E-state index contributed by atoms with van der Waals surface area (Å²) in [6, 6.07) is 13.9. The second kappa shape index (κ2) is 9.11. The van der Waals surface area contributed by atoms with Crippen LogP contribution in [0.15, 0.2) is 58.3 Å². The van der Waals surface area contributed by atoms with Crippen LogP contribution in [0.4, 0.5) is 5.69 Å². The molecule has 5 nitrogen and oxygen atoms in total. The van der Waals surface area contributed by atoms with Crippen LogP contribution < -0.4 is 5.32 Å². The van der Waals surface area contributed by atoms with Gasteiger partial charge in [0.25, 0.3) is 5.91 Å². The van der Waals surface area contributed by atoms with Gasteiger partial charge in [-0.1, -0.05) is 32.0 Å². The number of carbonyl (C=O) groups excluding carboxylic acids is 1. The quantitative estimate of drug-likeness (QED) is 0.703. The minimum atomic E-state index is -3.58. The zero-order valence-electron chi connectivity index (χ0n) is 16.2. The molecule has 1 heterocycles. The lowest BCUT2D eigenvalue weighted by molar-refractivity contribution is 0.102. The zero-order valence-corrected chi connectivity index (χ0v) is 17.9. The van der Waals surface area contributed by atoms with Crippen LogP contribution >= 0.6 is 11.8 Å². The number of hydrogen-bond donors (Lipinski definition) is 1. The molecule has 0 aromatic heterocycles. The number of rotatable bonds is 6. The molecule has 1 saturated heterocycles. The summed E-state index contributed by atoms with van der Waals surface area (Å²) in [7, 11) is -3.58. The first-order chi connectivity index (χ1) is 13.4. The van der Waals surface area contributed by atoms with E-state index in [0.29, 0.717) is 24.6 Å². The van der Waals surface area contributed by atoms with E-state index < -0.39 is 10.0 Å². The Morgan fingerprint density at radius 2 is 1.86 bits per heavy atom. The molecule has 7 heteroatoms. The number of nitrogens with zero attached hydrogens (tertiary/aromatic N) is 1. The van der Waals surface area contributed by atoms with E-state index in [0.717, 1.165) is 29.2 Å². The van der Waals surface area contributed by atoms with Gasteiger partial charge in [-0.2, -0.15) is 4.31 Å².